The maximum atomic E-state index is 11.6. The average Bonchev–Trinajstić information content (AvgIpc) is 2.29. The summed E-state index contributed by atoms with van der Waals surface area (Å²) in [5.41, 5.74) is 5.76. The molecule has 0 aromatic carbocycles. The molecule has 0 saturated heterocycles. The summed E-state index contributed by atoms with van der Waals surface area (Å²) < 4.78 is 5.15. The van der Waals surface area contributed by atoms with Crippen LogP contribution in [0.1, 0.15) is 32.4 Å². The van der Waals surface area contributed by atoms with Crippen molar-refractivity contribution in [3.63, 3.8) is 0 Å². The van der Waals surface area contributed by atoms with Crippen LogP contribution in [0, 0.1) is 0 Å². The number of hydrogen-bond acceptors (Lipinski definition) is 4. The van der Waals surface area contributed by atoms with Crippen LogP contribution in [0.15, 0.2) is 12.3 Å². The fourth-order valence-electron chi connectivity index (χ4n) is 1.54. The zero-order chi connectivity index (χ0) is 15.3. The van der Waals surface area contributed by atoms with Gasteiger partial charge >= 0.3 is 6.09 Å². The van der Waals surface area contributed by atoms with Crippen LogP contribution in [0.25, 0.3) is 0 Å². The highest BCUT2D eigenvalue weighted by Crippen LogP contribution is 2.24. The minimum atomic E-state index is -0.543. The first-order valence-electron chi connectivity index (χ1n) is 6.21. The van der Waals surface area contributed by atoms with Crippen molar-refractivity contribution in [3.8, 4) is 0 Å². The van der Waals surface area contributed by atoms with Gasteiger partial charge in [0.2, 0.25) is 0 Å². The number of nitrogens with zero attached hydrogens (tertiary/aromatic N) is 1. The van der Waals surface area contributed by atoms with Crippen LogP contribution in [0.5, 0.6) is 0 Å². The van der Waals surface area contributed by atoms with Crippen molar-refractivity contribution in [2.75, 3.05) is 13.1 Å². The van der Waals surface area contributed by atoms with Crippen LogP contribution >= 0.6 is 23.2 Å². The van der Waals surface area contributed by atoms with Gasteiger partial charge in [0.05, 0.1) is 15.7 Å². The summed E-state index contributed by atoms with van der Waals surface area (Å²) in [5, 5.41) is 3.54. The third kappa shape index (κ3) is 5.53. The molecule has 0 aliphatic rings. The van der Waals surface area contributed by atoms with Gasteiger partial charge in [-0.25, -0.2) is 4.79 Å². The van der Waals surface area contributed by atoms with E-state index < -0.39 is 11.7 Å². The normalized spacial score (nSPS) is 12.9. The minimum absolute atomic E-state index is 0.202. The number of pyridine rings is 1. The number of carbonyl (C=O) groups is 1. The number of alkyl carbamates (subject to hydrolysis) is 1. The average molecular weight is 320 g/mol. The lowest BCUT2D eigenvalue weighted by atomic mass is 10.1. The van der Waals surface area contributed by atoms with Crippen LogP contribution < -0.4 is 11.1 Å². The van der Waals surface area contributed by atoms with Crippen molar-refractivity contribution in [1.82, 2.24) is 10.3 Å². The Morgan fingerprint density at radius 3 is 2.65 bits per heavy atom. The van der Waals surface area contributed by atoms with Gasteiger partial charge < -0.3 is 15.8 Å². The number of carbonyl (C=O) groups excluding carboxylic acids is 1. The second-order valence-corrected chi connectivity index (χ2v) is 6.18. The number of aromatic nitrogens is 1. The number of nitrogens with two attached hydrogens (primary N) is 1. The third-order valence-corrected chi connectivity index (χ3v) is 2.91. The molecule has 3 N–H and O–H groups in total. The number of nitrogens with one attached hydrogen (secondary N) is 1. The van der Waals surface area contributed by atoms with Crippen LogP contribution in [-0.2, 0) is 4.74 Å². The Balaban J connectivity index is 2.66. The Morgan fingerprint density at radius 1 is 1.50 bits per heavy atom. The van der Waals surface area contributed by atoms with E-state index in [9.17, 15) is 4.79 Å². The molecule has 0 saturated carbocycles. The number of rotatable bonds is 4. The van der Waals surface area contributed by atoms with Crippen LogP contribution in [0.4, 0.5) is 4.79 Å². The van der Waals surface area contributed by atoms with E-state index in [1.54, 1.807) is 26.8 Å². The molecule has 0 radical (unpaired) electrons. The fourth-order valence-corrected chi connectivity index (χ4v) is 2.07. The lowest BCUT2D eigenvalue weighted by molar-refractivity contribution is 0.0524. The van der Waals surface area contributed by atoms with E-state index in [1.165, 1.54) is 6.20 Å². The van der Waals surface area contributed by atoms with Crippen molar-refractivity contribution in [1.29, 1.82) is 0 Å². The quantitative estimate of drug-likeness (QED) is 0.894. The summed E-state index contributed by atoms with van der Waals surface area (Å²) in [7, 11) is 0. The molecule has 1 aromatic heterocycles. The molecule has 1 amide bonds. The molecule has 1 rings (SSSR count). The van der Waals surface area contributed by atoms with Crippen molar-refractivity contribution in [3.05, 3.63) is 28.0 Å². The zero-order valence-electron chi connectivity index (χ0n) is 11.7. The molecular weight excluding hydrogens is 301 g/mol. The number of halogens is 2. The lowest BCUT2D eigenvalue weighted by Crippen LogP contribution is -2.36. The maximum Gasteiger partial charge on any atom is 0.407 e. The molecule has 1 aromatic rings. The molecule has 0 aliphatic carbocycles. The van der Waals surface area contributed by atoms with Crippen molar-refractivity contribution in [2.45, 2.75) is 32.3 Å². The summed E-state index contributed by atoms with van der Waals surface area (Å²) in [5.74, 6) is -0.202. The third-order valence-electron chi connectivity index (χ3n) is 2.40. The zero-order valence-corrected chi connectivity index (χ0v) is 13.3. The lowest BCUT2D eigenvalue weighted by Gasteiger charge is -2.21. The van der Waals surface area contributed by atoms with Crippen molar-refractivity contribution < 1.29 is 9.53 Å². The standard InChI is InChI=1S/C13H19Cl2N3O2/c1-13(2,3)20-12(19)18-6-8(5-16)11-10(15)4-9(14)7-17-11/h4,7-8H,5-6,16H2,1-3H3,(H,18,19). The molecule has 0 fully saturated rings. The number of amides is 1. The van der Waals surface area contributed by atoms with E-state index in [0.717, 1.165) is 0 Å². The monoisotopic (exact) mass is 319 g/mol. The molecule has 1 atom stereocenters. The predicted octanol–water partition coefficient (Wildman–Crippen LogP) is 2.96. The predicted molar refractivity (Wildman–Crippen MR) is 80.3 cm³/mol. The van der Waals surface area contributed by atoms with E-state index in [4.69, 9.17) is 33.7 Å². The van der Waals surface area contributed by atoms with Gasteiger partial charge in [-0.1, -0.05) is 23.2 Å². The molecular formula is C13H19Cl2N3O2. The first-order chi connectivity index (χ1) is 9.23. The molecule has 0 bridgehead atoms. The fraction of sp³-hybridized carbons (Fsp3) is 0.538. The molecule has 1 heterocycles. The molecule has 0 aliphatic heterocycles. The second kappa shape index (κ2) is 7.11. The van der Waals surface area contributed by atoms with E-state index in [2.05, 4.69) is 10.3 Å². The molecule has 1 unspecified atom stereocenters. The molecule has 20 heavy (non-hydrogen) atoms. The maximum absolute atomic E-state index is 11.6. The minimum Gasteiger partial charge on any atom is -0.444 e. The highest BCUT2D eigenvalue weighted by Gasteiger charge is 2.19. The Labute approximate surface area is 128 Å². The van der Waals surface area contributed by atoms with Crippen LogP contribution in [0.2, 0.25) is 10.0 Å². The van der Waals surface area contributed by atoms with Gasteiger partial charge in [0.1, 0.15) is 5.60 Å². The van der Waals surface area contributed by atoms with Gasteiger partial charge in [0.15, 0.2) is 0 Å². The van der Waals surface area contributed by atoms with Gasteiger partial charge in [0.25, 0.3) is 0 Å². The van der Waals surface area contributed by atoms with Crippen LogP contribution in [-0.4, -0.2) is 29.8 Å². The Bertz CT molecular complexity index is 475. The van der Waals surface area contributed by atoms with E-state index >= 15 is 0 Å². The first-order valence-corrected chi connectivity index (χ1v) is 6.96. The second-order valence-electron chi connectivity index (χ2n) is 5.34. The molecule has 0 spiro atoms. The van der Waals surface area contributed by atoms with Crippen LogP contribution in [0.3, 0.4) is 0 Å². The SMILES string of the molecule is CC(C)(C)OC(=O)NCC(CN)c1ncc(Cl)cc1Cl. The Kier molecular flexibility index (Phi) is 6.05. The van der Waals surface area contributed by atoms with Crippen molar-refractivity contribution >= 4 is 29.3 Å². The largest absolute Gasteiger partial charge is 0.444 e. The highest BCUT2D eigenvalue weighted by molar-refractivity contribution is 6.34. The van der Waals surface area contributed by atoms with Gasteiger partial charge in [0, 0.05) is 25.2 Å². The Hall–Kier alpha value is -1.04. The molecule has 112 valence electrons. The number of hydrogen-bond donors (Lipinski definition) is 2. The number of ether oxygens (including phenoxy) is 1. The van der Waals surface area contributed by atoms with Gasteiger partial charge in [-0.05, 0) is 26.8 Å². The molecule has 5 nitrogen and oxygen atoms in total. The van der Waals surface area contributed by atoms with E-state index in [0.29, 0.717) is 28.8 Å². The summed E-state index contributed by atoms with van der Waals surface area (Å²) in [4.78, 5) is 15.8. The first kappa shape index (κ1) is 17.0. The van der Waals surface area contributed by atoms with Gasteiger partial charge in [-0.2, -0.15) is 0 Å². The molecule has 7 heteroatoms. The topological polar surface area (TPSA) is 77.2 Å². The summed E-state index contributed by atoms with van der Waals surface area (Å²) >= 11 is 11.9. The smallest absolute Gasteiger partial charge is 0.407 e. The Morgan fingerprint density at radius 2 is 2.15 bits per heavy atom. The van der Waals surface area contributed by atoms with Crippen molar-refractivity contribution in [2.24, 2.45) is 5.73 Å². The summed E-state index contributed by atoms with van der Waals surface area (Å²) in [6.07, 6.45) is 1.000. The van der Waals surface area contributed by atoms with Gasteiger partial charge in [-0.3, -0.25) is 4.98 Å². The summed E-state index contributed by atoms with van der Waals surface area (Å²) in [6.45, 7) is 5.98. The van der Waals surface area contributed by atoms with Gasteiger partial charge in [-0.15, -0.1) is 0 Å². The summed E-state index contributed by atoms with van der Waals surface area (Å²) in [6, 6.07) is 1.60. The highest BCUT2D eigenvalue weighted by atomic mass is 35.5. The van der Waals surface area contributed by atoms with E-state index in [1.807, 2.05) is 0 Å². The van der Waals surface area contributed by atoms with E-state index in [-0.39, 0.29) is 5.92 Å².